The molecule has 1 atom stereocenters. The first-order valence-corrected chi connectivity index (χ1v) is 10.2. The van der Waals surface area contributed by atoms with Gasteiger partial charge in [-0.05, 0) is 49.0 Å². The minimum Gasteiger partial charge on any atom is -0.423 e. The zero-order valence-electron chi connectivity index (χ0n) is 16.8. The molecule has 1 aliphatic heterocycles. The SMILES string of the molecule is CC1=C(C(=O)c2ccccc2)C(c2ccc(OC(=O)c3ccccc3)cc2)NC(=S)N1. The van der Waals surface area contributed by atoms with Gasteiger partial charge in [0.05, 0.1) is 11.6 Å². The van der Waals surface area contributed by atoms with E-state index in [9.17, 15) is 9.59 Å². The number of benzene rings is 3. The van der Waals surface area contributed by atoms with Crippen LogP contribution >= 0.6 is 12.2 Å². The molecule has 2 N–H and O–H groups in total. The molecule has 0 bridgehead atoms. The number of Topliss-reactive ketones (excluding diaryl/α,β-unsaturated/α-hetero) is 1. The zero-order chi connectivity index (χ0) is 21.8. The molecular formula is C25H20N2O3S. The third-order valence-corrected chi connectivity index (χ3v) is 5.20. The third kappa shape index (κ3) is 4.54. The van der Waals surface area contributed by atoms with Gasteiger partial charge in [0.1, 0.15) is 5.75 Å². The van der Waals surface area contributed by atoms with Gasteiger partial charge in [0.2, 0.25) is 0 Å². The van der Waals surface area contributed by atoms with E-state index in [0.29, 0.717) is 33.3 Å². The number of rotatable bonds is 5. The van der Waals surface area contributed by atoms with E-state index in [4.69, 9.17) is 17.0 Å². The average molecular weight is 429 g/mol. The summed E-state index contributed by atoms with van der Waals surface area (Å²) in [6.45, 7) is 1.84. The van der Waals surface area contributed by atoms with Crippen molar-refractivity contribution in [1.29, 1.82) is 0 Å². The largest absolute Gasteiger partial charge is 0.423 e. The lowest BCUT2D eigenvalue weighted by Gasteiger charge is -2.30. The van der Waals surface area contributed by atoms with E-state index in [1.54, 1.807) is 48.5 Å². The number of esters is 1. The highest BCUT2D eigenvalue weighted by atomic mass is 32.1. The summed E-state index contributed by atoms with van der Waals surface area (Å²) in [5.41, 5.74) is 3.22. The van der Waals surface area contributed by atoms with Gasteiger partial charge in [0, 0.05) is 16.8 Å². The number of hydrogen-bond acceptors (Lipinski definition) is 4. The molecule has 6 heteroatoms. The Balaban J connectivity index is 1.59. The predicted molar refractivity (Wildman–Crippen MR) is 123 cm³/mol. The summed E-state index contributed by atoms with van der Waals surface area (Å²) >= 11 is 5.32. The smallest absolute Gasteiger partial charge is 0.343 e. The average Bonchev–Trinajstić information content (AvgIpc) is 2.80. The minimum absolute atomic E-state index is 0.0785. The Morgan fingerprint density at radius 2 is 1.42 bits per heavy atom. The Labute approximate surface area is 185 Å². The fourth-order valence-corrected chi connectivity index (χ4v) is 3.73. The molecule has 0 aliphatic carbocycles. The van der Waals surface area contributed by atoms with Gasteiger partial charge in [-0.3, -0.25) is 4.79 Å². The summed E-state index contributed by atoms with van der Waals surface area (Å²) in [4.78, 5) is 25.5. The molecule has 154 valence electrons. The molecule has 0 spiro atoms. The third-order valence-electron chi connectivity index (χ3n) is 4.98. The molecule has 3 aromatic rings. The summed E-state index contributed by atoms with van der Waals surface area (Å²) in [5, 5.41) is 6.68. The predicted octanol–water partition coefficient (Wildman–Crippen LogP) is 4.58. The number of hydrogen-bond donors (Lipinski definition) is 2. The Kier molecular flexibility index (Phi) is 5.91. The van der Waals surface area contributed by atoms with E-state index >= 15 is 0 Å². The van der Waals surface area contributed by atoms with Crippen LogP contribution in [0.3, 0.4) is 0 Å². The number of carbonyl (C=O) groups is 2. The van der Waals surface area contributed by atoms with Crippen LogP contribution in [0.5, 0.6) is 5.75 Å². The van der Waals surface area contributed by atoms with Crippen molar-refractivity contribution in [2.45, 2.75) is 13.0 Å². The highest BCUT2D eigenvalue weighted by Gasteiger charge is 2.30. The lowest BCUT2D eigenvalue weighted by Crippen LogP contribution is -2.44. The van der Waals surface area contributed by atoms with E-state index in [1.165, 1.54) is 0 Å². The molecular weight excluding hydrogens is 408 g/mol. The van der Waals surface area contributed by atoms with Crippen LogP contribution in [0.2, 0.25) is 0 Å². The van der Waals surface area contributed by atoms with E-state index < -0.39 is 12.0 Å². The quantitative estimate of drug-likeness (QED) is 0.268. The van der Waals surface area contributed by atoms with E-state index in [1.807, 2.05) is 43.3 Å². The van der Waals surface area contributed by atoms with Crippen molar-refractivity contribution in [2.75, 3.05) is 0 Å². The van der Waals surface area contributed by atoms with Crippen LogP contribution in [0.25, 0.3) is 0 Å². The Morgan fingerprint density at radius 3 is 2.03 bits per heavy atom. The van der Waals surface area contributed by atoms with Crippen LogP contribution in [0.4, 0.5) is 0 Å². The molecule has 5 nitrogen and oxygen atoms in total. The fraction of sp³-hybridized carbons (Fsp3) is 0.0800. The van der Waals surface area contributed by atoms with Crippen LogP contribution in [0, 0.1) is 0 Å². The second-order valence-corrected chi connectivity index (χ2v) is 7.50. The molecule has 0 aromatic heterocycles. The normalized spacial score (nSPS) is 15.6. The van der Waals surface area contributed by atoms with Gasteiger partial charge in [0.15, 0.2) is 10.9 Å². The maximum Gasteiger partial charge on any atom is 0.343 e. The van der Waals surface area contributed by atoms with Gasteiger partial charge in [-0.15, -0.1) is 0 Å². The van der Waals surface area contributed by atoms with E-state index in [0.717, 1.165) is 5.56 Å². The maximum atomic E-state index is 13.2. The molecule has 0 amide bonds. The molecule has 1 unspecified atom stereocenters. The van der Waals surface area contributed by atoms with Crippen molar-refractivity contribution in [2.24, 2.45) is 0 Å². The Bertz CT molecular complexity index is 1160. The summed E-state index contributed by atoms with van der Waals surface area (Å²) in [6.07, 6.45) is 0. The maximum absolute atomic E-state index is 13.2. The molecule has 0 saturated heterocycles. The van der Waals surface area contributed by atoms with E-state index in [-0.39, 0.29) is 5.78 Å². The molecule has 3 aromatic carbocycles. The lowest BCUT2D eigenvalue weighted by molar-refractivity contribution is 0.0734. The molecule has 1 aliphatic rings. The second kappa shape index (κ2) is 8.93. The molecule has 1 heterocycles. The first-order chi connectivity index (χ1) is 15.0. The van der Waals surface area contributed by atoms with Crippen LogP contribution in [-0.2, 0) is 0 Å². The van der Waals surface area contributed by atoms with Gasteiger partial charge in [-0.1, -0.05) is 60.7 Å². The number of ketones is 1. The first kappa shape index (κ1) is 20.5. The molecule has 31 heavy (non-hydrogen) atoms. The topological polar surface area (TPSA) is 67.4 Å². The Hall–Kier alpha value is -3.77. The number of ether oxygens (including phenoxy) is 1. The molecule has 0 fully saturated rings. The number of carbonyl (C=O) groups excluding carboxylic acids is 2. The van der Waals surface area contributed by atoms with Crippen LogP contribution < -0.4 is 15.4 Å². The summed E-state index contributed by atoms with van der Waals surface area (Å²) in [5.74, 6) is -0.0823. The monoisotopic (exact) mass is 428 g/mol. The highest BCUT2D eigenvalue weighted by molar-refractivity contribution is 7.80. The highest BCUT2D eigenvalue weighted by Crippen LogP contribution is 2.30. The first-order valence-electron chi connectivity index (χ1n) is 9.78. The Morgan fingerprint density at radius 1 is 0.839 bits per heavy atom. The van der Waals surface area contributed by atoms with Gasteiger partial charge in [-0.25, -0.2) is 4.79 Å². The zero-order valence-corrected chi connectivity index (χ0v) is 17.6. The molecule has 4 rings (SSSR count). The lowest BCUT2D eigenvalue weighted by atomic mass is 9.90. The van der Waals surface area contributed by atoms with Crippen molar-refractivity contribution < 1.29 is 14.3 Å². The summed E-state index contributed by atoms with van der Waals surface area (Å²) in [6, 6.07) is 24.6. The van der Waals surface area contributed by atoms with Gasteiger partial charge in [-0.2, -0.15) is 0 Å². The minimum atomic E-state index is -0.426. The summed E-state index contributed by atoms with van der Waals surface area (Å²) < 4.78 is 5.45. The van der Waals surface area contributed by atoms with E-state index in [2.05, 4.69) is 10.6 Å². The number of allylic oxidation sites excluding steroid dienone is 1. The number of thiocarbonyl (C=S) groups is 1. The van der Waals surface area contributed by atoms with Crippen LogP contribution in [0.1, 0.15) is 39.2 Å². The van der Waals surface area contributed by atoms with Crippen LogP contribution in [-0.4, -0.2) is 16.9 Å². The van der Waals surface area contributed by atoms with Gasteiger partial charge >= 0.3 is 5.97 Å². The number of nitrogens with one attached hydrogen (secondary N) is 2. The fourth-order valence-electron chi connectivity index (χ4n) is 3.46. The van der Waals surface area contributed by atoms with Crippen molar-refractivity contribution in [3.8, 4) is 5.75 Å². The van der Waals surface area contributed by atoms with Gasteiger partial charge < -0.3 is 15.4 Å². The molecule has 0 saturated carbocycles. The molecule has 0 radical (unpaired) electrons. The van der Waals surface area contributed by atoms with Crippen molar-refractivity contribution in [3.63, 3.8) is 0 Å². The van der Waals surface area contributed by atoms with Crippen molar-refractivity contribution in [3.05, 3.63) is 113 Å². The van der Waals surface area contributed by atoms with Crippen molar-refractivity contribution in [1.82, 2.24) is 10.6 Å². The van der Waals surface area contributed by atoms with Crippen molar-refractivity contribution >= 4 is 29.1 Å². The van der Waals surface area contributed by atoms with Crippen LogP contribution in [0.15, 0.2) is 96.2 Å². The second-order valence-electron chi connectivity index (χ2n) is 7.09. The summed E-state index contributed by atoms with van der Waals surface area (Å²) in [7, 11) is 0. The standard InChI is InChI=1S/C25H20N2O3S/c1-16-21(23(28)18-8-4-2-5-9-18)22(27-25(31)26-16)17-12-14-20(15-13-17)30-24(29)19-10-6-3-7-11-19/h2-15,22H,1H3,(H2,26,27,31). The van der Waals surface area contributed by atoms with Gasteiger partial charge in [0.25, 0.3) is 0 Å².